The average Bonchev–Trinajstić information content (AvgIpc) is 2.71. The van der Waals surface area contributed by atoms with Crippen LogP contribution in [0.3, 0.4) is 0 Å². The summed E-state index contributed by atoms with van der Waals surface area (Å²) in [5.41, 5.74) is 3.98. The molecule has 0 atom stereocenters. The molecule has 4 nitrogen and oxygen atoms in total. The molecule has 2 amide bonds. The molecule has 0 saturated carbocycles. The molecular weight excluding hydrogens is 372 g/mol. The maximum atomic E-state index is 12.3. The molecule has 0 fully saturated rings. The van der Waals surface area contributed by atoms with Gasteiger partial charge in [0.2, 0.25) is 0 Å². The zero-order valence-corrected chi connectivity index (χ0v) is 16.3. The van der Waals surface area contributed by atoms with E-state index in [1.54, 1.807) is 24.3 Å². The number of rotatable bonds is 6. The summed E-state index contributed by atoms with van der Waals surface area (Å²) in [6, 6.07) is 21.7. The van der Waals surface area contributed by atoms with Crippen LogP contribution in [-0.4, -0.2) is 18.4 Å². The number of amides is 2. The van der Waals surface area contributed by atoms with Crippen molar-refractivity contribution in [3.63, 3.8) is 0 Å². The van der Waals surface area contributed by atoms with Crippen LogP contribution in [-0.2, 0) is 6.42 Å². The van der Waals surface area contributed by atoms with E-state index in [1.807, 2.05) is 55.5 Å². The topological polar surface area (TPSA) is 58.2 Å². The lowest BCUT2D eigenvalue weighted by atomic mass is 10.1. The molecule has 3 aromatic carbocycles. The van der Waals surface area contributed by atoms with E-state index in [0.717, 1.165) is 23.2 Å². The number of benzene rings is 3. The Morgan fingerprint density at radius 3 is 1.96 bits per heavy atom. The molecule has 0 saturated heterocycles. The molecule has 0 radical (unpaired) electrons. The molecule has 0 aliphatic rings. The smallest absolute Gasteiger partial charge is 0.255 e. The van der Waals surface area contributed by atoms with Crippen LogP contribution in [0.25, 0.3) is 0 Å². The van der Waals surface area contributed by atoms with Crippen molar-refractivity contribution in [1.82, 2.24) is 5.32 Å². The third kappa shape index (κ3) is 5.44. The number of carbonyl (C=O) groups excluding carboxylic acids is 2. The van der Waals surface area contributed by atoms with E-state index in [0.29, 0.717) is 22.7 Å². The average molecular weight is 393 g/mol. The van der Waals surface area contributed by atoms with Gasteiger partial charge in [0.1, 0.15) is 0 Å². The lowest BCUT2D eigenvalue weighted by molar-refractivity contribution is 0.0952. The summed E-state index contributed by atoms with van der Waals surface area (Å²) in [6.45, 7) is 2.51. The van der Waals surface area contributed by atoms with Gasteiger partial charge in [-0.3, -0.25) is 9.59 Å². The molecule has 28 heavy (non-hydrogen) atoms. The minimum Gasteiger partial charge on any atom is -0.352 e. The van der Waals surface area contributed by atoms with Crippen molar-refractivity contribution in [2.45, 2.75) is 13.3 Å². The molecule has 3 rings (SSSR count). The van der Waals surface area contributed by atoms with Gasteiger partial charge in [-0.2, -0.15) is 0 Å². The summed E-state index contributed by atoms with van der Waals surface area (Å²) >= 11 is 5.86. The lowest BCUT2D eigenvalue weighted by Gasteiger charge is -2.08. The molecule has 0 heterocycles. The van der Waals surface area contributed by atoms with E-state index < -0.39 is 0 Å². The van der Waals surface area contributed by atoms with Crippen molar-refractivity contribution in [2.75, 3.05) is 11.9 Å². The van der Waals surface area contributed by atoms with Crippen LogP contribution < -0.4 is 10.6 Å². The van der Waals surface area contributed by atoms with Gasteiger partial charge < -0.3 is 10.6 Å². The minimum absolute atomic E-state index is 0.167. The number of anilines is 1. The summed E-state index contributed by atoms with van der Waals surface area (Å²) in [6.07, 6.45) is 0.722. The van der Waals surface area contributed by atoms with E-state index in [4.69, 9.17) is 11.6 Å². The van der Waals surface area contributed by atoms with E-state index in [2.05, 4.69) is 10.6 Å². The third-order valence-corrected chi connectivity index (χ3v) is 4.58. The van der Waals surface area contributed by atoms with Gasteiger partial charge in [-0.15, -0.1) is 0 Å². The molecular formula is C23H21ClN2O2. The van der Waals surface area contributed by atoms with Gasteiger partial charge in [0.05, 0.1) is 0 Å². The zero-order chi connectivity index (χ0) is 19.9. The normalized spacial score (nSPS) is 10.4. The van der Waals surface area contributed by atoms with Gasteiger partial charge in [0, 0.05) is 28.4 Å². The van der Waals surface area contributed by atoms with Crippen LogP contribution in [0.2, 0.25) is 5.02 Å². The SMILES string of the molecule is Cc1ccc(NC(=O)c2ccc(C(=O)NCCc3ccc(Cl)cc3)cc2)cc1. The van der Waals surface area contributed by atoms with E-state index in [9.17, 15) is 9.59 Å². The fraction of sp³-hybridized carbons (Fsp3) is 0.130. The summed E-state index contributed by atoms with van der Waals surface area (Å²) in [5, 5.41) is 6.42. The van der Waals surface area contributed by atoms with Crippen molar-refractivity contribution in [3.05, 3.63) is 100 Å². The molecule has 0 spiro atoms. The van der Waals surface area contributed by atoms with Crippen molar-refractivity contribution in [2.24, 2.45) is 0 Å². The summed E-state index contributed by atoms with van der Waals surface area (Å²) < 4.78 is 0. The molecule has 0 aromatic heterocycles. The van der Waals surface area contributed by atoms with E-state index in [-0.39, 0.29) is 11.8 Å². The number of nitrogens with one attached hydrogen (secondary N) is 2. The van der Waals surface area contributed by atoms with Gasteiger partial charge in [-0.25, -0.2) is 0 Å². The zero-order valence-electron chi connectivity index (χ0n) is 15.5. The first kappa shape index (κ1) is 19.6. The Morgan fingerprint density at radius 2 is 1.36 bits per heavy atom. The Morgan fingerprint density at radius 1 is 0.786 bits per heavy atom. The fourth-order valence-electron chi connectivity index (χ4n) is 2.69. The highest BCUT2D eigenvalue weighted by molar-refractivity contribution is 6.30. The molecule has 0 bridgehead atoms. The highest BCUT2D eigenvalue weighted by Crippen LogP contribution is 2.12. The second kappa shape index (κ2) is 9.20. The Hall–Kier alpha value is -3.11. The van der Waals surface area contributed by atoms with Crippen molar-refractivity contribution in [3.8, 4) is 0 Å². The maximum Gasteiger partial charge on any atom is 0.255 e. The molecule has 3 aromatic rings. The van der Waals surface area contributed by atoms with E-state index >= 15 is 0 Å². The quantitative estimate of drug-likeness (QED) is 0.628. The molecule has 0 unspecified atom stereocenters. The third-order valence-electron chi connectivity index (χ3n) is 4.33. The molecule has 2 N–H and O–H groups in total. The van der Waals surface area contributed by atoms with Crippen molar-refractivity contribution < 1.29 is 9.59 Å². The first-order chi connectivity index (χ1) is 13.5. The van der Waals surface area contributed by atoms with Gasteiger partial charge in [0.15, 0.2) is 0 Å². The van der Waals surface area contributed by atoms with Crippen LogP contribution in [0.1, 0.15) is 31.8 Å². The molecule has 0 aliphatic carbocycles. The Balaban J connectivity index is 1.52. The number of hydrogen-bond acceptors (Lipinski definition) is 2. The largest absolute Gasteiger partial charge is 0.352 e. The first-order valence-corrected chi connectivity index (χ1v) is 9.40. The second-order valence-electron chi connectivity index (χ2n) is 6.53. The van der Waals surface area contributed by atoms with Crippen molar-refractivity contribution >= 4 is 29.1 Å². The van der Waals surface area contributed by atoms with Gasteiger partial charge >= 0.3 is 0 Å². The lowest BCUT2D eigenvalue weighted by Crippen LogP contribution is -2.25. The monoisotopic (exact) mass is 392 g/mol. The number of carbonyl (C=O) groups is 2. The summed E-state index contributed by atoms with van der Waals surface area (Å²) in [5.74, 6) is -0.377. The molecule has 142 valence electrons. The maximum absolute atomic E-state index is 12.3. The predicted octanol–water partition coefficient (Wildman–Crippen LogP) is 4.87. The van der Waals surface area contributed by atoms with Crippen molar-refractivity contribution in [1.29, 1.82) is 0 Å². The highest BCUT2D eigenvalue weighted by Gasteiger charge is 2.09. The van der Waals surface area contributed by atoms with Crippen LogP contribution in [0.4, 0.5) is 5.69 Å². The first-order valence-electron chi connectivity index (χ1n) is 9.02. The Kier molecular flexibility index (Phi) is 6.45. The number of hydrogen-bond donors (Lipinski definition) is 2. The summed E-state index contributed by atoms with van der Waals surface area (Å²) in [4.78, 5) is 24.6. The van der Waals surface area contributed by atoms with Crippen LogP contribution in [0.5, 0.6) is 0 Å². The molecule has 0 aliphatic heterocycles. The van der Waals surface area contributed by atoms with Crippen LogP contribution in [0, 0.1) is 6.92 Å². The summed E-state index contributed by atoms with van der Waals surface area (Å²) in [7, 11) is 0. The fourth-order valence-corrected chi connectivity index (χ4v) is 2.81. The number of halogens is 1. The van der Waals surface area contributed by atoms with Crippen LogP contribution >= 0.6 is 11.6 Å². The minimum atomic E-state index is -0.210. The highest BCUT2D eigenvalue weighted by atomic mass is 35.5. The second-order valence-corrected chi connectivity index (χ2v) is 6.97. The van der Waals surface area contributed by atoms with Crippen LogP contribution in [0.15, 0.2) is 72.8 Å². The predicted molar refractivity (Wildman–Crippen MR) is 113 cm³/mol. The standard InChI is InChI=1S/C23H21ClN2O2/c1-16-2-12-21(13-3-16)26-23(28)19-8-6-18(7-9-19)22(27)25-15-14-17-4-10-20(24)11-5-17/h2-13H,14-15H2,1H3,(H,25,27)(H,26,28). The van der Waals surface area contributed by atoms with Gasteiger partial charge in [-0.05, 0) is 67.4 Å². The van der Waals surface area contributed by atoms with E-state index in [1.165, 1.54) is 0 Å². The van der Waals surface area contributed by atoms with Gasteiger partial charge in [-0.1, -0.05) is 41.4 Å². The van der Waals surface area contributed by atoms with Gasteiger partial charge in [0.25, 0.3) is 11.8 Å². The Labute approximate surface area is 169 Å². The Bertz CT molecular complexity index is 949. The molecule has 5 heteroatoms. The number of aryl methyl sites for hydroxylation is 1.